The molecule has 110 valence electrons. The van der Waals surface area contributed by atoms with Gasteiger partial charge in [0.05, 0.1) is 18.5 Å². The maximum absolute atomic E-state index is 5.48. The van der Waals surface area contributed by atoms with E-state index in [0.717, 1.165) is 23.4 Å². The molecule has 0 aliphatic heterocycles. The van der Waals surface area contributed by atoms with Gasteiger partial charge in [-0.05, 0) is 54.9 Å². The average Bonchev–Trinajstić information content (AvgIpc) is 2.51. The highest BCUT2D eigenvalue weighted by molar-refractivity contribution is 5.70. The molecule has 2 aromatic rings. The predicted molar refractivity (Wildman–Crippen MR) is 84.7 cm³/mol. The molecule has 3 heteroatoms. The van der Waals surface area contributed by atoms with E-state index in [0.29, 0.717) is 11.8 Å². The molecule has 2 atom stereocenters. The molecule has 0 spiro atoms. The minimum absolute atomic E-state index is 0.540. The number of rotatable bonds is 2. The maximum Gasteiger partial charge on any atom is 0.128 e. The monoisotopic (exact) mass is 282 g/mol. The molecule has 2 unspecified atom stereocenters. The number of para-hydroxylation sites is 1. The average molecular weight is 282 g/mol. The van der Waals surface area contributed by atoms with E-state index >= 15 is 0 Å². The molecule has 1 aromatic heterocycles. The second-order valence-electron chi connectivity index (χ2n) is 6.04. The Kier molecular flexibility index (Phi) is 3.66. The van der Waals surface area contributed by atoms with Gasteiger partial charge in [0.25, 0.3) is 0 Å². The van der Waals surface area contributed by atoms with Gasteiger partial charge >= 0.3 is 0 Å². The van der Waals surface area contributed by atoms with Crippen LogP contribution in [0.15, 0.2) is 24.3 Å². The van der Waals surface area contributed by atoms with E-state index in [9.17, 15) is 0 Å². The van der Waals surface area contributed by atoms with Crippen molar-refractivity contribution in [2.24, 2.45) is 5.92 Å². The Labute approximate surface area is 126 Å². The molecule has 0 fully saturated rings. The number of ether oxygens (including phenoxy) is 1. The smallest absolute Gasteiger partial charge is 0.128 e. The zero-order valence-electron chi connectivity index (χ0n) is 13.2. The summed E-state index contributed by atoms with van der Waals surface area (Å²) >= 11 is 0. The van der Waals surface area contributed by atoms with Gasteiger partial charge in [0.1, 0.15) is 5.75 Å². The van der Waals surface area contributed by atoms with Crippen LogP contribution in [0.2, 0.25) is 0 Å². The van der Waals surface area contributed by atoms with E-state index in [4.69, 9.17) is 4.74 Å². The van der Waals surface area contributed by atoms with Crippen LogP contribution in [0.1, 0.15) is 43.0 Å². The Morgan fingerprint density at radius 1 is 1.14 bits per heavy atom. The van der Waals surface area contributed by atoms with Gasteiger partial charge in [-0.2, -0.15) is 5.10 Å². The predicted octanol–water partition coefficient (Wildman–Crippen LogP) is 4.15. The van der Waals surface area contributed by atoms with Crippen LogP contribution in [0.25, 0.3) is 11.3 Å². The zero-order valence-corrected chi connectivity index (χ0v) is 13.2. The lowest BCUT2D eigenvalue weighted by molar-refractivity contribution is 0.413. The molecular weight excluding hydrogens is 260 g/mol. The van der Waals surface area contributed by atoms with Crippen LogP contribution in [0.5, 0.6) is 5.75 Å². The van der Waals surface area contributed by atoms with Gasteiger partial charge in [-0.25, -0.2) is 0 Å². The summed E-state index contributed by atoms with van der Waals surface area (Å²) < 4.78 is 5.48. The van der Waals surface area contributed by atoms with E-state index < -0.39 is 0 Å². The van der Waals surface area contributed by atoms with Gasteiger partial charge in [0.2, 0.25) is 0 Å². The van der Waals surface area contributed by atoms with Crippen molar-refractivity contribution in [2.45, 2.75) is 39.5 Å². The van der Waals surface area contributed by atoms with Crippen LogP contribution < -0.4 is 4.74 Å². The minimum Gasteiger partial charge on any atom is -0.496 e. The number of fused-ring (bicyclic) bond motifs is 1. The van der Waals surface area contributed by atoms with E-state index in [1.54, 1.807) is 7.11 Å². The number of hydrogen-bond acceptors (Lipinski definition) is 3. The topological polar surface area (TPSA) is 35.0 Å². The fourth-order valence-corrected chi connectivity index (χ4v) is 3.37. The lowest BCUT2D eigenvalue weighted by Crippen LogP contribution is -2.20. The van der Waals surface area contributed by atoms with Crippen LogP contribution in [0.4, 0.5) is 0 Å². The molecular formula is C18H22N2O. The quantitative estimate of drug-likeness (QED) is 0.830. The Balaban J connectivity index is 2.18. The lowest BCUT2D eigenvalue weighted by Gasteiger charge is -2.29. The number of benzene rings is 1. The third-order valence-corrected chi connectivity index (χ3v) is 4.85. The van der Waals surface area contributed by atoms with E-state index in [1.807, 2.05) is 18.2 Å². The highest BCUT2D eigenvalue weighted by Crippen LogP contribution is 2.40. The van der Waals surface area contributed by atoms with Gasteiger partial charge in [-0.15, -0.1) is 5.10 Å². The third kappa shape index (κ3) is 2.31. The molecule has 1 aromatic carbocycles. The Morgan fingerprint density at radius 3 is 2.67 bits per heavy atom. The number of aryl methyl sites for hydroxylation is 1. The Hall–Kier alpha value is -1.90. The normalized spacial score (nSPS) is 21.0. The highest BCUT2D eigenvalue weighted by atomic mass is 16.5. The first-order valence-electron chi connectivity index (χ1n) is 7.63. The summed E-state index contributed by atoms with van der Waals surface area (Å²) in [5, 5.41) is 9.01. The van der Waals surface area contributed by atoms with Crippen molar-refractivity contribution >= 4 is 0 Å². The zero-order chi connectivity index (χ0) is 15.0. The lowest BCUT2D eigenvalue weighted by atomic mass is 9.77. The second-order valence-corrected chi connectivity index (χ2v) is 6.04. The van der Waals surface area contributed by atoms with Crippen LogP contribution in [0.3, 0.4) is 0 Å². The first-order valence-corrected chi connectivity index (χ1v) is 7.63. The summed E-state index contributed by atoms with van der Waals surface area (Å²) in [5.41, 5.74) is 5.80. The summed E-state index contributed by atoms with van der Waals surface area (Å²) in [6.45, 7) is 6.81. The molecule has 21 heavy (non-hydrogen) atoms. The van der Waals surface area contributed by atoms with Crippen molar-refractivity contribution in [3.8, 4) is 17.0 Å². The standard InChI is InChI=1S/C18H22N2O/c1-11-9-10-15-17(12(11)2)13(3)18(20-19-15)14-7-5-6-8-16(14)21-4/h5-8,11-12H,9-10H2,1-4H3. The summed E-state index contributed by atoms with van der Waals surface area (Å²) in [5.74, 6) is 2.09. The van der Waals surface area contributed by atoms with Gasteiger partial charge in [-0.3, -0.25) is 0 Å². The number of hydrogen-bond donors (Lipinski definition) is 0. The van der Waals surface area contributed by atoms with Crippen LogP contribution in [-0.4, -0.2) is 17.3 Å². The second kappa shape index (κ2) is 5.47. The number of methoxy groups -OCH3 is 1. The van der Waals surface area contributed by atoms with Crippen molar-refractivity contribution in [1.29, 1.82) is 0 Å². The minimum atomic E-state index is 0.540. The van der Waals surface area contributed by atoms with Gasteiger partial charge in [-0.1, -0.05) is 26.0 Å². The van der Waals surface area contributed by atoms with Crippen molar-refractivity contribution in [3.05, 3.63) is 41.1 Å². The van der Waals surface area contributed by atoms with Gasteiger partial charge < -0.3 is 4.74 Å². The highest BCUT2D eigenvalue weighted by Gasteiger charge is 2.28. The molecule has 1 heterocycles. The fraction of sp³-hybridized carbons (Fsp3) is 0.444. The van der Waals surface area contributed by atoms with E-state index in [1.165, 1.54) is 23.2 Å². The Morgan fingerprint density at radius 2 is 1.90 bits per heavy atom. The third-order valence-electron chi connectivity index (χ3n) is 4.85. The largest absolute Gasteiger partial charge is 0.496 e. The molecule has 0 saturated heterocycles. The van der Waals surface area contributed by atoms with Crippen LogP contribution in [0, 0.1) is 12.8 Å². The van der Waals surface area contributed by atoms with E-state index in [2.05, 4.69) is 37.0 Å². The molecule has 0 radical (unpaired) electrons. The summed E-state index contributed by atoms with van der Waals surface area (Å²) in [4.78, 5) is 0. The molecule has 1 aliphatic rings. The molecule has 3 rings (SSSR count). The van der Waals surface area contributed by atoms with Crippen molar-refractivity contribution < 1.29 is 4.74 Å². The van der Waals surface area contributed by atoms with Crippen molar-refractivity contribution in [2.75, 3.05) is 7.11 Å². The molecule has 3 nitrogen and oxygen atoms in total. The first-order chi connectivity index (χ1) is 10.1. The molecule has 0 amide bonds. The van der Waals surface area contributed by atoms with Crippen LogP contribution in [-0.2, 0) is 6.42 Å². The fourth-order valence-electron chi connectivity index (χ4n) is 3.37. The van der Waals surface area contributed by atoms with E-state index in [-0.39, 0.29) is 0 Å². The Bertz CT molecular complexity index is 666. The van der Waals surface area contributed by atoms with Crippen LogP contribution >= 0.6 is 0 Å². The number of nitrogens with zero attached hydrogens (tertiary/aromatic N) is 2. The van der Waals surface area contributed by atoms with Crippen molar-refractivity contribution in [1.82, 2.24) is 10.2 Å². The van der Waals surface area contributed by atoms with Gasteiger partial charge in [0.15, 0.2) is 0 Å². The summed E-state index contributed by atoms with van der Waals surface area (Å²) in [6, 6.07) is 8.03. The molecule has 0 N–H and O–H groups in total. The SMILES string of the molecule is COc1ccccc1-c1nnc2c(c1C)C(C)C(C)CC2. The molecule has 0 saturated carbocycles. The summed E-state index contributed by atoms with van der Waals surface area (Å²) in [7, 11) is 1.70. The number of aromatic nitrogens is 2. The molecule has 0 bridgehead atoms. The molecule has 1 aliphatic carbocycles. The van der Waals surface area contributed by atoms with Gasteiger partial charge in [0, 0.05) is 5.56 Å². The first kappa shape index (κ1) is 14.1. The summed E-state index contributed by atoms with van der Waals surface area (Å²) in [6.07, 6.45) is 2.25. The maximum atomic E-state index is 5.48. The van der Waals surface area contributed by atoms with Crippen molar-refractivity contribution in [3.63, 3.8) is 0 Å².